The van der Waals surface area contributed by atoms with Crippen molar-refractivity contribution >= 4 is 5.82 Å². The van der Waals surface area contributed by atoms with Crippen LogP contribution in [0.1, 0.15) is 30.0 Å². The van der Waals surface area contributed by atoms with Gasteiger partial charge in [-0.1, -0.05) is 0 Å². The lowest BCUT2D eigenvalue weighted by Gasteiger charge is -2.29. The fraction of sp³-hybridized carbons (Fsp3) is 0.667. The zero-order valence-corrected chi connectivity index (χ0v) is 11.9. The predicted molar refractivity (Wildman–Crippen MR) is 76.6 cm³/mol. The Labute approximate surface area is 115 Å². The summed E-state index contributed by atoms with van der Waals surface area (Å²) in [6.07, 6.45) is 4.63. The molecule has 3 rings (SSSR count). The standard InChI is InChI=1S/C15H23N3O/c1-12-10-13(14-4-3-5-17(14)2)11-16-15(12)18-6-8-19-9-7-18/h10-11,14H,3-9H2,1-2H3/t14-/m0/s1. The molecule has 2 saturated heterocycles. The largest absolute Gasteiger partial charge is 0.378 e. The quantitative estimate of drug-likeness (QED) is 0.814. The second-order valence-electron chi connectivity index (χ2n) is 5.65. The number of rotatable bonds is 2. The van der Waals surface area contributed by atoms with E-state index in [2.05, 4.69) is 36.0 Å². The van der Waals surface area contributed by atoms with Crippen LogP contribution in [-0.4, -0.2) is 49.8 Å². The van der Waals surface area contributed by atoms with Gasteiger partial charge < -0.3 is 9.64 Å². The molecule has 0 radical (unpaired) electrons. The third kappa shape index (κ3) is 2.60. The maximum Gasteiger partial charge on any atom is 0.131 e. The van der Waals surface area contributed by atoms with Crippen molar-refractivity contribution in [1.82, 2.24) is 9.88 Å². The van der Waals surface area contributed by atoms with Crippen LogP contribution < -0.4 is 4.90 Å². The molecule has 4 heteroatoms. The maximum atomic E-state index is 5.40. The van der Waals surface area contributed by atoms with Crippen molar-refractivity contribution in [3.8, 4) is 0 Å². The Balaban J connectivity index is 1.81. The highest BCUT2D eigenvalue weighted by molar-refractivity contribution is 5.48. The molecular weight excluding hydrogens is 238 g/mol. The molecule has 0 spiro atoms. The summed E-state index contributed by atoms with van der Waals surface area (Å²) in [6, 6.07) is 2.88. The highest BCUT2D eigenvalue weighted by atomic mass is 16.5. The van der Waals surface area contributed by atoms with Crippen molar-refractivity contribution in [3.05, 3.63) is 23.4 Å². The molecule has 2 fully saturated rings. The molecule has 2 aliphatic rings. The van der Waals surface area contributed by atoms with Crippen molar-refractivity contribution in [1.29, 1.82) is 0 Å². The first-order valence-corrected chi connectivity index (χ1v) is 7.25. The Morgan fingerprint density at radius 1 is 1.26 bits per heavy atom. The van der Waals surface area contributed by atoms with Crippen molar-refractivity contribution < 1.29 is 4.74 Å². The lowest BCUT2D eigenvalue weighted by atomic mass is 10.0. The Bertz CT molecular complexity index is 443. The van der Waals surface area contributed by atoms with E-state index in [4.69, 9.17) is 9.72 Å². The van der Waals surface area contributed by atoms with Gasteiger partial charge in [-0.3, -0.25) is 4.90 Å². The molecule has 19 heavy (non-hydrogen) atoms. The van der Waals surface area contributed by atoms with Crippen LogP contribution >= 0.6 is 0 Å². The Kier molecular flexibility index (Phi) is 3.71. The number of pyridine rings is 1. The van der Waals surface area contributed by atoms with E-state index >= 15 is 0 Å². The highest BCUT2D eigenvalue weighted by Gasteiger charge is 2.24. The van der Waals surface area contributed by atoms with Crippen LogP contribution in [0.5, 0.6) is 0 Å². The Morgan fingerprint density at radius 3 is 2.68 bits per heavy atom. The number of aromatic nitrogens is 1. The first-order chi connectivity index (χ1) is 9.25. The first-order valence-electron chi connectivity index (χ1n) is 7.25. The van der Waals surface area contributed by atoms with Gasteiger partial charge in [-0.15, -0.1) is 0 Å². The number of likely N-dealkylation sites (tertiary alicyclic amines) is 1. The van der Waals surface area contributed by atoms with Gasteiger partial charge in [0.25, 0.3) is 0 Å². The van der Waals surface area contributed by atoms with E-state index in [1.807, 2.05) is 0 Å². The van der Waals surface area contributed by atoms with E-state index in [1.54, 1.807) is 0 Å². The number of anilines is 1. The van der Waals surface area contributed by atoms with E-state index in [0.29, 0.717) is 6.04 Å². The average Bonchev–Trinajstić information content (AvgIpc) is 2.86. The third-order valence-electron chi connectivity index (χ3n) is 4.29. The maximum absolute atomic E-state index is 5.40. The molecule has 0 aliphatic carbocycles. The van der Waals surface area contributed by atoms with E-state index < -0.39 is 0 Å². The minimum absolute atomic E-state index is 0.560. The van der Waals surface area contributed by atoms with Gasteiger partial charge in [0, 0.05) is 25.3 Å². The van der Waals surface area contributed by atoms with Gasteiger partial charge in [0.1, 0.15) is 5.82 Å². The summed E-state index contributed by atoms with van der Waals surface area (Å²) in [4.78, 5) is 9.49. The number of morpholine rings is 1. The molecule has 0 amide bonds. The Morgan fingerprint density at radius 2 is 2.05 bits per heavy atom. The van der Waals surface area contributed by atoms with Gasteiger partial charge in [0.2, 0.25) is 0 Å². The summed E-state index contributed by atoms with van der Waals surface area (Å²) < 4.78 is 5.40. The second kappa shape index (κ2) is 5.47. The van der Waals surface area contributed by atoms with E-state index in [0.717, 1.165) is 32.1 Å². The molecule has 1 aromatic rings. The average molecular weight is 261 g/mol. The lowest BCUT2D eigenvalue weighted by Crippen LogP contribution is -2.37. The summed E-state index contributed by atoms with van der Waals surface area (Å²) in [6.45, 7) is 6.92. The number of hydrogen-bond donors (Lipinski definition) is 0. The molecule has 0 N–H and O–H groups in total. The van der Waals surface area contributed by atoms with Crippen LogP contribution in [0.25, 0.3) is 0 Å². The third-order valence-corrected chi connectivity index (χ3v) is 4.29. The van der Waals surface area contributed by atoms with Crippen LogP contribution in [0.3, 0.4) is 0 Å². The SMILES string of the molecule is Cc1cc([C@@H]2CCCN2C)cnc1N1CCOCC1. The van der Waals surface area contributed by atoms with Gasteiger partial charge in [0.05, 0.1) is 13.2 Å². The summed E-state index contributed by atoms with van der Waals surface area (Å²) in [5.74, 6) is 1.13. The van der Waals surface area contributed by atoms with Gasteiger partial charge in [-0.05, 0) is 50.6 Å². The molecule has 0 bridgehead atoms. The van der Waals surface area contributed by atoms with Crippen molar-refractivity contribution in [2.75, 3.05) is 44.8 Å². The summed E-state index contributed by atoms with van der Waals surface area (Å²) in [7, 11) is 2.21. The number of aryl methyl sites for hydroxylation is 1. The highest BCUT2D eigenvalue weighted by Crippen LogP contribution is 2.31. The first kappa shape index (κ1) is 12.9. The molecule has 104 valence electrons. The van der Waals surface area contributed by atoms with E-state index in [-0.39, 0.29) is 0 Å². The predicted octanol–water partition coefficient (Wildman–Crippen LogP) is 1.99. The van der Waals surface area contributed by atoms with Crippen molar-refractivity contribution in [2.45, 2.75) is 25.8 Å². The molecule has 3 heterocycles. The van der Waals surface area contributed by atoms with Crippen LogP contribution in [0, 0.1) is 6.92 Å². The fourth-order valence-corrected chi connectivity index (χ4v) is 3.21. The summed E-state index contributed by atoms with van der Waals surface area (Å²) in [5.41, 5.74) is 2.66. The molecule has 0 unspecified atom stereocenters. The number of ether oxygens (including phenoxy) is 1. The summed E-state index contributed by atoms with van der Waals surface area (Å²) in [5, 5.41) is 0. The van der Waals surface area contributed by atoms with E-state index in [9.17, 15) is 0 Å². The number of hydrogen-bond acceptors (Lipinski definition) is 4. The van der Waals surface area contributed by atoms with Gasteiger partial charge in [-0.2, -0.15) is 0 Å². The van der Waals surface area contributed by atoms with Gasteiger partial charge >= 0.3 is 0 Å². The molecule has 2 aliphatic heterocycles. The van der Waals surface area contributed by atoms with E-state index in [1.165, 1.54) is 30.5 Å². The minimum Gasteiger partial charge on any atom is -0.378 e. The van der Waals surface area contributed by atoms with Crippen LogP contribution in [0.15, 0.2) is 12.3 Å². The molecule has 1 aromatic heterocycles. The van der Waals surface area contributed by atoms with Gasteiger partial charge in [-0.25, -0.2) is 4.98 Å². The van der Waals surface area contributed by atoms with Gasteiger partial charge in [0.15, 0.2) is 0 Å². The molecular formula is C15H23N3O. The molecule has 0 aromatic carbocycles. The van der Waals surface area contributed by atoms with Crippen molar-refractivity contribution in [2.24, 2.45) is 0 Å². The summed E-state index contributed by atoms with van der Waals surface area (Å²) >= 11 is 0. The lowest BCUT2D eigenvalue weighted by molar-refractivity contribution is 0.122. The van der Waals surface area contributed by atoms with Crippen LogP contribution in [0.4, 0.5) is 5.82 Å². The Hall–Kier alpha value is -1.13. The second-order valence-corrected chi connectivity index (χ2v) is 5.65. The normalized spacial score (nSPS) is 24.9. The monoisotopic (exact) mass is 261 g/mol. The van der Waals surface area contributed by atoms with Crippen molar-refractivity contribution in [3.63, 3.8) is 0 Å². The smallest absolute Gasteiger partial charge is 0.131 e. The zero-order valence-electron chi connectivity index (χ0n) is 11.9. The molecule has 1 atom stereocenters. The molecule has 0 saturated carbocycles. The topological polar surface area (TPSA) is 28.6 Å². The fourth-order valence-electron chi connectivity index (χ4n) is 3.21. The number of nitrogens with zero attached hydrogens (tertiary/aromatic N) is 3. The van der Waals surface area contributed by atoms with Crippen LogP contribution in [-0.2, 0) is 4.74 Å². The molecule has 4 nitrogen and oxygen atoms in total. The zero-order chi connectivity index (χ0) is 13.2. The minimum atomic E-state index is 0.560. The van der Waals surface area contributed by atoms with Crippen LogP contribution in [0.2, 0.25) is 0 Å².